The molecule has 0 amide bonds. The SMILES string of the molecule is [NH3+]O[S+]([O])(=O)c1ccc(F)c2n[se]nc12. The fourth-order valence-corrected chi connectivity index (χ4v) is 3.13. The van der Waals surface area contributed by atoms with Crippen molar-refractivity contribution in [3.63, 3.8) is 0 Å². The molecule has 1 radical (unpaired) electrons. The van der Waals surface area contributed by atoms with Crippen molar-refractivity contribution in [1.29, 1.82) is 0 Å². The molecule has 1 aromatic carbocycles. The van der Waals surface area contributed by atoms with E-state index in [1.807, 2.05) is 0 Å². The Labute approximate surface area is 90.9 Å². The molecule has 3 N–H and O–H groups in total. The molecule has 9 heteroatoms. The van der Waals surface area contributed by atoms with Crippen LogP contribution in [0.5, 0.6) is 0 Å². The van der Waals surface area contributed by atoms with Gasteiger partial charge in [0.05, 0.1) is 0 Å². The summed E-state index contributed by atoms with van der Waals surface area (Å²) in [7, 11) is -3.96. The van der Waals surface area contributed by atoms with Gasteiger partial charge in [0.2, 0.25) is 0 Å². The van der Waals surface area contributed by atoms with E-state index in [2.05, 4.69) is 18.1 Å². The predicted molar refractivity (Wildman–Crippen MR) is 47.4 cm³/mol. The first kappa shape index (κ1) is 10.8. The van der Waals surface area contributed by atoms with Crippen molar-refractivity contribution >= 4 is 36.5 Å². The molecule has 0 fully saturated rings. The number of halogens is 1. The summed E-state index contributed by atoms with van der Waals surface area (Å²) in [5, 5.41) is 0. The van der Waals surface area contributed by atoms with E-state index in [1.165, 1.54) is 0 Å². The maximum atomic E-state index is 13.2. The van der Waals surface area contributed by atoms with Crippen molar-refractivity contribution in [3.8, 4) is 0 Å². The summed E-state index contributed by atoms with van der Waals surface area (Å²) in [6, 6.07) is 2.11. The number of benzene rings is 1. The fraction of sp³-hybridized carbons (Fsp3) is 0. The predicted octanol–water partition coefficient (Wildman–Crippen LogP) is -0.882. The van der Waals surface area contributed by atoms with Crippen LogP contribution in [0.3, 0.4) is 0 Å². The molecule has 0 spiro atoms. The molecule has 0 bridgehead atoms. The van der Waals surface area contributed by atoms with E-state index in [1.54, 1.807) is 0 Å². The summed E-state index contributed by atoms with van der Waals surface area (Å²) in [6.45, 7) is 0. The molecule has 1 heterocycles. The zero-order valence-corrected chi connectivity index (χ0v) is 9.71. The Balaban J connectivity index is 2.78. The molecule has 1 atom stereocenters. The minimum absolute atomic E-state index is 0.0203. The molecule has 0 saturated carbocycles. The molecule has 1 unspecified atom stereocenters. The second-order valence-electron chi connectivity index (χ2n) is 2.58. The van der Waals surface area contributed by atoms with Gasteiger partial charge in [0.25, 0.3) is 0 Å². The van der Waals surface area contributed by atoms with E-state index in [0.29, 0.717) is 0 Å². The Kier molecular flexibility index (Phi) is 2.67. The molecule has 79 valence electrons. The fourth-order valence-electron chi connectivity index (χ4n) is 1.08. The van der Waals surface area contributed by atoms with Gasteiger partial charge in [-0.3, -0.25) is 0 Å². The van der Waals surface area contributed by atoms with Gasteiger partial charge in [0, 0.05) is 0 Å². The van der Waals surface area contributed by atoms with Crippen LogP contribution in [0.4, 0.5) is 4.39 Å². The van der Waals surface area contributed by atoms with Crippen LogP contribution in [0.25, 0.3) is 11.0 Å². The first-order valence-electron chi connectivity index (χ1n) is 3.65. The second kappa shape index (κ2) is 3.71. The van der Waals surface area contributed by atoms with E-state index in [9.17, 15) is 13.2 Å². The maximum absolute atomic E-state index is 13.2. The van der Waals surface area contributed by atoms with Crippen LogP contribution in [0.2, 0.25) is 0 Å². The average Bonchev–Trinajstić information content (AvgIpc) is 2.67. The number of rotatable bonds is 2. The van der Waals surface area contributed by atoms with Gasteiger partial charge in [-0.1, -0.05) is 0 Å². The average molecular weight is 297 g/mol. The molecule has 6 nitrogen and oxygen atoms in total. The summed E-state index contributed by atoms with van der Waals surface area (Å²) in [4.78, 5) is -0.197. The molecule has 2 rings (SSSR count). The van der Waals surface area contributed by atoms with Crippen LogP contribution in [-0.4, -0.2) is 22.9 Å². The third kappa shape index (κ3) is 1.73. The third-order valence-corrected chi connectivity index (χ3v) is 4.04. The Morgan fingerprint density at radius 1 is 1.40 bits per heavy atom. The van der Waals surface area contributed by atoms with Crippen LogP contribution in [0.15, 0.2) is 17.0 Å². The van der Waals surface area contributed by atoms with Crippen molar-refractivity contribution < 1.29 is 23.3 Å². The van der Waals surface area contributed by atoms with Gasteiger partial charge >= 0.3 is 90.6 Å². The van der Waals surface area contributed by atoms with E-state index in [0.717, 1.165) is 12.1 Å². The number of quaternary nitrogens is 1. The van der Waals surface area contributed by atoms with Crippen LogP contribution < -0.4 is 5.90 Å². The second-order valence-corrected chi connectivity index (χ2v) is 5.27. The van der Waals surface area contributed by atoms with Crippen molar-refractivity contribution in [3.05, 3.63) is 17.9 Å². The van der Waals surface area contributed by atoms with E-state index >= 15 is 0 Å². The third-order valence-electron chi connectivity index (χ3n) is 1.75. The van der Waals surface area contributed by atoms with Crippen molar-refractivity contribution in [2.75, 3.05) is 0 Å². The molecule has 0 aliphatic rings. The molecule has 1 aromatic heterocycles. The topological polar surface area (TPSA) is 99.6 Å². The zero-order chi connectivity index (χ0) is 11.1. The van der Waals surface area contributed by atoms with Crippen LogP contribution in [0.1, 0.15) is 0 Å². The molecule has 0 saturated heterocycles. The van der Waals surface area contributed by atoms with Crippen molar-refractivity contribution in [1.82, 2.24) is 7.96 Å². The normalized spacial score (nSPS) is 15.4. The Bertz CT molecular complexity index is 560. The van der Waals surface area contributed by atoms with E-state index in [4.69, 9.17) is 0 Å². The van der Waals surface area contributed by atoms with Crippen LogP contribution in [0, 0.1) is 5.82 Å². The molecule has 15 heavy (non-hydrogen) atoms. The summed E-state index contributed by atoms with van der Waals surface area (Å²) < 4.78 is 47.6. The number of aromatic nitrogens is 2. The number of nitrogens with zero attached hydrogens (tertiary/aromatic N) is 2. The van der Waals surface area contributed by atoms with E-state index in [-0.39, 0.29) is 15.9 Å². The zero-order valence-electron chi connectivity index (χ0n) is 7.18. The van der Waals surface area contributed by atoms with Crippen LogP contribution >= 0.6 is 0 Å². The van der Waals surface area contributed by atoms with Crippen molar-refractivity contribution in [2.45, 2.75) is 4.90 Å². The first-order chi connectivity index (χ1) is 7.06. The molecular formula is C6H5FN3O3SSe+2. The number of hydrogen-bond donors (Lipinski definition) is 1. The molecule has 0 aliphatic carbocycles. The summed E-state index contributed by atoms with van der Waals surface area (Å²) >= 11 is -0.504. The summed E-state index contributed by atoms with van der Waals surface area (Å²) in [5.74, 6) is 2.25. The van der Waals surface area contributed by atoms with Gasteiger partial charge in [-0.05, 0) is 0 Å². The number of fused-ring (bicyclic) bond motifs is 1. The van der Waals surface area contributed by atoms with Gasteiger partial charge in [0.1, 0.15) is 0 Å². The molecule has 2 aromatic rings. The number of hydrogen-bond acceptors (Lipinski definition) is 4. The summed E-state index contributed by atoms with van der Waals surface area (Å²) in [5.41, 5.74) is 0.00627. The van der Waals surface area contributed by atoms with Gasteiger partial charge in [-0.15, -0.1) is 0 Å². The van der Waals surface area contributed by atoms with Crippen LogP contribution in [-0.2, 0) is 23.5 Å². The van der Waals surface area contributed by atoms with Gasteiger partial charge in [-0.2, -0.15) is 0 Å². The first-order valence-corrected chi connectivity index (χ1v) is 6.60. The monoisotopic (exact) mass is 298 g/mol. The Morgan fingerprint density at radius 3 is 2.73 bits per heavy atom. The summed E-state index contributed by atoms with van der Waals surface area (Å²) in [6.07, 6.45) is 0. The van der Waals surface area contributed by atoms with E-state index < -0.39 is 31.3 Å². The Hall–Kier alpha value is -0.701. The Morgan fingerprint density at radius 2 is 2.07 bits per heavy atom. The van der Waals surface area contributed by atoms with Gasteiger partial charge < -0.3 is 0 Å². The standard InChI is InChI=1S/C6H5FN3O3SSe/c7-3-1-2-4(14(11,12)13-8)6-5(3)9-15-10-6/h1-2H,8H3/q+2. The quantitative estimate of drug-likeness (QED) is 0.442. The van der Waals surface area contributed by atoms with Gasteiger partial charge in [0.15, 0.2) is 0 Å². The molecule has 0 aliphatic heterocycles. The van der Waals surface area contributed by atoms with Gasteiger partial charge in [-0.25, -0.2) is 0 Å². The molecular weight excluding hydrogens is 292 g/mol. The van der Waals surface area contributed by atoms with Crippen molar-refractivity contribution in [2.24, 2.45) is 0 Å². The minimum atomic E-state index is -3.96.